The smallest absolute Gasteiger partial charge is 0.418 e. The zero-order valence-corrected chi connectivity index (χ0v) is 4.59. The molecule has 1 heterocycles. The lowest BCUT2D eigenvalue weighted by molar-refractivity contribution is -0.0511. The average Bonchev–Trinajstić information content (AvgIpc) is 2.10. The molecule has 2 unspecified atom stereocenters. The van der Waals surface area contributed by atoms with Crippen LogP contribution in [0.4, 0.5) is 18.0 Å². The van der Waals surface area contributed by atoms with Crippen LogP contribution in [-0.2, 0) is 9.47 Å². The molecule has 2 atom stereocenters. The van der Waals surface area contributed by atoms with Crippen molar-refractivity contribution in [3.8, 4) is 0 Å². The maximum atomic E-state index is 12.0. The predicted molar refractivity (Wildman–Crippen MR) is 22.3 cm³/mol. The van der Waals surface area contributed by atoms with E-state index in [0.717, 1.165) is 0 Å². The lowest BCUT2D eigenvalue weighted by Gasteiger charge is -2.04. The number of carbonyl (C=O) groups is 1. The summed E-state index contributed by atoms with van der Waals surface area (Å²) in [7, 11) is 0. The molecule has 0 aliphatic carbocycles. The molecule has 1 saturated heterocycles. The molecule has 0 spiro atoms. The van der Waals surface area contributed by atoms with Crippen molar-refractivity contribution in [3.05, 3.63) is 0 Å². The second kappa shape index (κ2) is 2.36. The summed E-state index contributed by atoms with van der Waals surface area (Å²) in [5, 5.41) is 0. The first-order chi connectivity index (χ1) is 4.61. The maximum absolute atomic E-state index is 12.0. The minimum Gasteiger partial charge on any atom is -0.418 e. The number of alkyl halides is 3. The van der Waals surface area contributed by atoms with Gasteiger partial charge in [-0.3, -0.25) is 0 Å². The Morgan fingerprint density at radius 3 is 2.20 bits per heavy atom. The molecule has 1 aliphatic rings. The Morgan fingerprint density at radius 2 is 2.00 bits per heavy atom. The Hall–Kier alpha value is -0.940. The van der Waals surface area contributed by atoms with Crippen LogP contribution in [0.1, 0.15) is 0 Å². The quantitative estimate of drug-likeness (QED) is 0.533. The van der Waals surface area contributed by atoms with E-state index in [0.29, 0.717) is 0 Å². The molecule has 3 nitrogen and oxygen atoms in total. The second-order valence-electron chi connectivity index (χ2n) is 1.64. The minimum atomic E-state index is -3.04. The number of ether oxygens (including phenoxy) is 2. The molecule has 6 heteroatoms. The Bertz CT molecular complexity index is 149. The van der Waals surface area contributed by atoms with Crippen molar-refractivity contribution in [2.75, 3.05) is 0 Å². The van der Waals surface area contributed by atoms with Crippen molar-refractivity contribution in [2.24, 2.45) is 0 Å². The third-order valence-electron chi connectivity index (χ3n) is 0.948. The summed E-state index contributed by atoms with van der Waals surface area (Å²) in [6.45, 7) is 0. The first-order valence-electron chi connectivity index (χ1n) is 2.41. The number of halogens is 3. The molecule has 0 amide bonds. The van der Waals surface area contributed by atoms with Crippen molar-refractivity contribution in [3.63, 3.8) is 0 Å². The van der Waals surface area contributed by atoms with E-state index >= 15 is 0 Å². The topological polar surface area (TPSA) is 35.5 Å². The van der Waals surface area contributed by atoms with Crippen LogP contribution in [0.5, 0.6) is 0 Å². The van der Waals surface area contributed by atoms with E-state index in [1.807, 2.05) is 0 Å². The van der Waals surface area contributed by atoms with Gasteiger partial charge in [-0.05, 0) is 0 Å². The molecule has 10 heavy (non-hydrogen) atoms. The van der Waals surface area contributed by atoms with Crippen molar-refractivity contribution in [1.82, 2.24) is 0 Å². The average molecular weight is 156 g/mol. The van der Waals surface area contributed by atoms with Crippen molar-refractivity contribution < 1.29 is 27.4 Å². The van der Waals surface area contributed by atoms with Crippen LogP contribution >= 0.6 is 0 Å². The Balaban J connectivity index is 2.54. The van der Waals surface area contributed by atoms with Gasteiger partial charge in [-0.25, -0.2) is 13.6 Å². The summed E-state index contributed by atoms with van der Waals surface area (Å²) < 4.78 is 42.6. The third-order valence-corrected chi connectivity index (χ3v) is 0.948. The fraction of sp³-hybridized carbons (Fsp3) is 0.750. The lowest BCUT2D eigenvalue weighted by atomic mass is 10.4. The molecular weight excluding hydrogens is 153 g/mol. The Kier molecular flexibility index (Phi) is 1.69. The number of hydrogen-bond donors (Lipinski definition) is 0. The van der Waals surface area contributed by atoms with Crippen LogP contribution in [0.15, 0.2) is 0 Å². The van der Waals surface area contributed by atoms with Gasteiger partial charge in [0.1, 0.15) is 0 Å². The van der Waals surface area contributed by atoms with Gasteiger partial charge in [-0.15, -0.1) is 0 Å². The molecule has 0 bridgehead atoms. The molecule has 58 valence electrons. The second-order valence-corrected chi connectivity index (χ2v) is 1.64. The van der Waals surface area contributed by atoms with Crippen LogP contribution in [0.2, 0.25) is 0 Å². The molecule has 1 rings (SSSR count). The molecular formula is C4H3F3O3. The van der Waals surface area contributed by atoms with Gasteiger partial charge in [0.15, 0.2) is 0 Å². The molecule has 0 aromatic carbocycles. The van der Waals surface area contributed by atoms with E-state index in [1.54, 1.807) is 0 Å². The molecule has 0 radical (unpaired) electrons. The van der Waals surface area contributed by atoms with Gasteiger partial charge in [0.05, 0.1) is 0 Å². The van der Waals surface area contributed by atoms with Crippen LogP contribution in [0.25, 0.3) is 0 Å². The summed E-state index contributed by atoms with van der Waals surface area (Å²) in [6.07, 6.45) is -8.83. The number of hydrogen-bond acceptors (Lipinski definition) is 3. The van der Waals surface area contributed by atoms with E-state index in [4.69, 9.17) is 0 Å². The highest BCUT2D eigenvalue weighted by Crippen LogP contribution is 2.21. The summed E-state index contributed by atoms with van der Waals surface area (Å²) in [4.78, 5) is 9.95. The lowest BCUT2D eigenvalue weighted by Crippen LogP contribution is -2.26. The highest BCUT2D eigenvalue weighted by atomic mass is 19.3. The molecule has 1 aliphatic heterocycles. The van der Waals surface area contributed by atoms with Crippen molar-refractivity contribution in [2.45, 2.75) is 18.9 Å². The molecule has 1 fully saturated rings. The zero-order chi connectivity index (χ0) is 7.72. The largest absolute Gasteiger partial charge is 0.511 e. The van der Waals surface area contributed by atoms with Crippen molar-refractivity contribution in [1.29, 1.82) is 0 Å². The molecule has 0 aromatic rings. The third kappa shape index (κ3) is 1.14. The Labute approximate surface area is 53.7 Å². The van der Waals surface area contributed by atoms with E-state index < -0.39 is 25.0 Å². The normalized spacial score (nSPS) is 32.2. The highest BCUT2D eigenvalue weighted by molar-refractivity contribution is 5.62. The first kappa shape index (κ1) is 7.17. The van der Waals surface area contributed by atoms with E-state index in [1.165, 1.54) is 0 Å². The maximum Gasteiger partial charge on any atom is 0.511 e. The molecule has 0 N–H and O–H groups in total. The minimum absolute atomic E-state index is 1.39. The zero-order valence-electron chi connectivity index (χ0n) is 4.59. The van der Waals surface area contributed by atoms with Crippen LogP contribution in [-0.4, -0.2) is 25.0 Å². The van der Waals surface area contributed by atoms with Gasteiger partial charge in [-0.2, -0.15) is 4.39 Å². The predicted octanol–water partition coefficient (Wildman–Crippen LogP) is 1.08. The first-order valence-corrected chi connectivity index (χ1v) is 2.41. The van der Waals surface area contributed by atoms with Crippen LogP contribution in [0, 0.1) is 0 Å². The van der Waals surface area contributed by atoms with Gasteiger partial charge in [-0.1, -0.05) is 0 Å². The van der Waals surface area contributed by atoms with Gasteiger partial charge in [0, 0.05) is 0 Å². The SMILES string of the molecule is O=C1OC(F)C(C(F)F)O1. The van der Waals surface area contributed by atoms with Gasteiger partial charge in [0.25, 0.3) is 12.8 Å². The number of rotatable bonds is 1. The number of cyclic esters (lactones) is 2. The van der Waals surface area contributed by atoms with Crippen LogP contribution in [0.3, 0.4) is 0 Å². The van der Waals surface area contributed by atoms with Gasteiger partial charge < -0.3 is 9.47 Å². The van der Waals surface area contributed by atoms with Crippen molar-refractivity contribution >= 4 is 6.16 Å². The summed E-state index contributed by atoms with van der Waals surface area (Å²) in [5.74, 6) is 0. The summed E-state index contributed by atoms with van der Waals surface area (Å²) in [6, 6.07) is 0. The Morgan fingerprint density at radius 1 is 1.40 bits per heavy atom. The fourth-order valence-electron chi connectivity index (χ4n) is 0.517. The number of carbonyl (C=O) groups excluding carboxylic acids is 1. The standard InChI is InChI=1S/C4H3F3O3/c5-2(6)1-3(7)10-4(8)9-1/h1-3H. The van der Waals surface area contributed by atoms with Gasteiger partial charge >= 0.3 is 6.16 Å². The molecule has 0 saturated carbocycles. The fourth-order valence-corrected chi connectivity index (χ4v) is 0.517. The van der Waals surface area contributed by atoms with Gasteiger partial charge in [0.2, 0.25) is 6.10 Å². The summed E-state index contributed by atoms with van der Waals surface area (Å²) in [5.41, 5.74) is 0. The van der Waals surface area contributed by atoms with E-state index in [2.05, 4.69) is 9.47 Å². The highest BCUT2D eigenvalue weighted by Gasteiger charge is 2.43. The van der Waals surface area contributed by atoms with E-state index in [-0.39, 0.29) is 0 Å². The monoisotopic (exact) mass is 156 g/mol. The van der Waals surface area contributed by atoms with E-state index in [9.17, 15) is 18.0 Å². The summed E-state index contributed by atoms with van der Waals surface area (Å²) >= 11 is 0. The van der Waals surface area contributed by atoms with Crippen LogP contribution < -0.4 is 0 Å². The molecule has 0 aromatic heterocycles.